The summed E-state index contributed by atoms with van der Waals surface area (Å²) in [6.07, 6.45) is 1.87. The first-order valence-corrected chi connectivity index (χ1v) is 21.0. The SMILES string of the molecule is CCCCC[C@H](NC(=O)[C@H](C)CC(=O)[C@@H](NC(=O)[C@H](CNC(=O)OC(C)(C)C)CC(=O)c1ccc(-c2ccc(Cl)cc2)cc1)[C@@H](C)OC(C)(C)C)C(=O)C[C@@H](C)CC=O. The molecule has 0 aromatic heterocycles. The zero-order chi connectivity index (χ0) is 44.5. The number of ketones is 3. The first kappa shape index (κ1) is 50.7. The van der Waals surface area contributed by atoms with E-state index < -0.39 is 64.9 Å². The van der Waals surface area contributed by atoms with Gasteiger partial charge in [0.2, 0.25) is 11.8 Å². The quantitative estimate of drug-likeness (QED) is 0.0534. The van der Waals surface area contributed by atoms with Crippen LogP contribution in [0.15, 0.2) is 48.5 Å². The summed E-state index contributed by atoms with van der Waals surface area (Å²) in [4.78, 5) is 92.3. The highest BCUT2D eigenvalue weighted by Crippen LogP contribution is 2.24. The van der Waals surface area contributed by atoms with Crippen LogP contribution in [0.4, 0.5) is 4.79 Å². The smallest absolute Gasteiger partial charge is 0.407 e. The van der Waals surface area contributed by atoms with Gasteiger partial charge in [0.1, 0.15) is 17.9 Å². The molecule has 0 aliphatic heterocycles. The van der Waals surface area contributed by atoms with Crippen molar-refractivity contribution in [1.82, 2.24) is 16.0 Å². The third-order valence-corrected chi connectivity index (χ3v) is 9.79. The number of amides is 3. The number of benzene rings is 2. The summed E-state index contributed by atoms with van der Waals surface area (Å²) < 4.78 is 11.5. The van der Waals surface area contributed by atoms with Crippen LogP contribution in [0.5, 0.6) is 0 Å². The highest BCUT2D eigenvalue weighted by molar-refractivity contribution is 6.30. The van der Waals surface area contributed by atoms with Crippen LogP contribution in [0.3, 0.4) is 0 Å². The summed E-state index contributed by atoms with van der Waals surface area (Å²) in [6.45, 7) is 17.3. The lowest BCUT2D eigenvalue weighted by molar-refractivity contribution is -0.139. The Labute approximate surface area is 355 Å². The Hall–Kier alpha value is -4.42. The number of carbonyl (C=O) groups is 7. The molecule has 6 atom stereocenters. The predicted molar refractivity (Wildman–Crippen MR) is 230 cm³/mol. The predicted octanol–water partition coefficient (Wildman–Crippen LogP) is 8.25. The van der Waals surface area contributed by atoms with Crippen molar-refractivity contribution >= 4 is 53.1 Å². The van der Waals surface area contributed by atoms with Gasteiger partial charge in [-0.05, 0) is 84.1 Å². The largest absolute Gasteiger partial charge is 0.444 e. The summed E-state index contributed by atoms with van der Waals surface area (Å²) in [5.74, 6) is -4.37. The zero-order valence-electron chi connectivity index (χ0n) is 36.6. The lowest BCUT2D eigenvalue weighted by atomic mass is 9.92. The molecule has 0 spiro atoms. The highest BCUT2D eigenvalue weighted by atomic mass is 35.5. The maximum absolute atomic E-state index is 14.1. The first-order valence-electron chi connectivity index (χ1n) is 20.7. The molecule has 13 heteroatoms. The molecule has 0 aliphatic rings. The molecule has 0 fully saturated rings. The van der Waals surface area contributed by atoms with Gasteiger partial charge in [-0.2, -0.15) is 0 Å². The number of halogens is 1. The minimum absolute atomic E-state index is 0.139. The molecule has 2 aromatic carbocycles. The molecule has 0 heterocycles. The lowest BCUT2D eigenvalue weighted by Crippen LogP contribution is -2.54. The van der Waals surface area contributed by atoms with E-state index >= 15 is 0 Å². The number of hydrogen-bond acceptors (Lipinski definition) is 9. The first-order chi connectivity index (χ1) is 27.5. The average molecular weight is 840 g/mol. The van der Waals surface area contributed by atoms with E-state index in [4.69, 9.17) is 21.1 Å². The second-order valence-electron chi connectivity index (χ2n) is 17.5. The van der Waals surface area contributed by atoms with Crippen molar-refractivity contribution in [3.05, 3.63) is 59.1 Å². The van der Waals surface area contributed by atoms with Gasteiger partial charge in [-0.3, -0.25) is 24.0 Å². The van der Waals surface area contributed by atoms with Gasteiger partial charge in [0.15, 0.2) is 17.3 Å². The van der Waals surface area contributed by atoms with E-state index in [0.717, 1.165) is 36.7 Å². The number of carbonyl (C=O) groups excluding carboxylic acids is 7. The minimum atomic E-state index is -1.24. The average Bonchev–Trinajstić information content (AvgIpc) is 3.13. The number of unbranched alkanes of at least 4 members (excludes halogenated alkanes) is 2. The monoisotopic (exact) mass is 839 g/mol. The normalized spacial score (nSPS) is 14.8. The van der Waals surface area contributed by atoms with Crippen LogP contribution in [0.2, 0.25) is 5.02 Å². The van der Waals surface area contributed by atoms with E-state index in [9.17, 15) is 33.6 Å². The van der Waals surface area contributed by atoms with Gasteiger partial charge in [-0.25, -0.2) is 4.79 Å². The maximum Gasteiger partial charge on any atom is 0.407 e. The van der Waals surface area contributed by atoms with Crippen molar-refractivity contribution in [2.75, 3.05) is 6.54 Å². The second-order valence-corrected chi connectivity index (χ2v) is 18.0. The van der Waals surface area contributed by atoms with E-state index in [1.165, 1.54) is 0 Å². The number of nitrogens with one attached hydrogen (secondary N) is 3. The Bertz CT molecular complexity index is 1710. The summed E-state index contributed by atoms with van der Waals surface area (Å²) in [5, 5.41) is 8.83. The molecular formula is C46H66ClN3O9. The van der Waals surface area contributed by atoms with E-state index in [1.54, 1.807) is 91.8 Å². The van der Waals surface area contributed by atoms with Crippen molar-refractivity contribution in [2.24, 2.45) is 17.8 Å². The van der Waals surface area contributed by atoms with Gasteiger partial charge in [-0.1, -0.05) is 88.0 Å². The van der Waals surface area contributed by atoms with Gasteiger partial charge in [0.05, 0.1) is 23.7 Å². The molecule has 0 unspecified atom stereocenters. The molecule has 12 nitrogen and oxygen atoms in total. The summed E-state index contributed by atoms with van der Waals surface area (Å²) in [7, 11) is 0. The fraction of sp³-hybridized carbons (Fsp3) is 0.587. The molecule has 2 aromatic rings. The van der Waals surface area contributed by atoms with E-state index in [1.807, 2.05) is 26.0 Å². The fourth-order valence-electron chi connectivity index (χ4n) is 6.45. The fourth-order valence-corrected chi connectivity index (χ4v) is 6.57. The Morgan fingerprint density at radius 2 is 1.34 bits per heavy atom. The van der Waals surface area contributed by atoms with Gasteiger partial charge in [-0.15, -0.1) is 0 Å². The number of hydrogen-bond donors (Lipinski definition) is 3. The van der Waals surface area contributed by atoms with Crippen LogP contribution in [-0.4, -0.2) is 77.5 Å². The molecule has 326 valence electrons. The van der Waals surface area contributed by atoms with E-state index in [-0.39, 0.29) is 49.7 Å². The van der Waals surface area contributed by atoms with Crippen LogP contribution in [-0.2, 0) is 33.4 Å². The van der Waals surface area contributed by atoms with Crippen LogP contribution in [0.25, 0.3) is 11.1 Å². The molecule has 3 amide bonds. The zero-order valence-corrected chi connectivity index (χ0v) is 37.3. The lowest BCUT2D eigenvalue weighted by Gasteiger charge is -2.32. The molecule has 2 rings (SSSR count). The summed E-state index contributed by atoms with van der Waals surface area (Å²) in [6, 6.07) is 12.2. The molecule has 0 aliphatic carbocycles. The van der Waals surface area contributed by atoms with Gasteiger partial charge in [0.25, 0.3) is 0 Å². The standard InChI is InChI=1S/C46H66ClN3O9/c1-11-12-13-14-37(39(53)25-29(2)23-24-51)49-42(55)30(3)26-40(54)41(31(4)58-45(5,6)7)50-43(56)35(28-48-44(57)59-46(8,9)10)27-38(52)34-17-15-32(16-18-34)33-19-21-36(47)22-20-33/h15-22,24,29-31,35,37,41H,11-14,23,25-28H2,1-10H3,(H,48,57)(H,49,55)(H,50,56)/t29-,30+,31+,35-,37-,41-/m0/s1. The molecule has 59 heavy (non-hydrogen) atoms. The molecule has 0 saturated heterocycles. The second kappa shape index (κ2) is 24.0. The molecular weight excluding hydrogens is 774 g/mol. The summed E-state index contributed by atoms with van der Waals surface area (Å²) in [5.41, 5.74) is 0.576. The Morgan fingerprint density at radius 1 is 0.746 bits per heavy atom. The van der Waals surface area contributed by atoms with Crippen LogP contribution < -0.4 is 16.0 Å². The molecule has 0 radical (unpaired) electrons. The van der Waals surface area contributed by atoms with Crippen LogP contribution >= 0.6 is 11.6 Å². The topological polar surface area (TPSA) is 174 Å². The minimum Gasteiger partial charge on any atom is -0.444 e. The number of aldehydes is 1. The van der Waals surface area contributed by atoms with Crippen molar-refractivity contribution in [2.45, 2.75) is 150 Å². The van der Waals surface area contributed by atoms with E-state index in [0.29, 0.717) is 17.0 Å². The van der Waals surface area contributed by atoms with Crippen molar-refractivity contribution in [3.8, 4) is 11.1 Å². The van der Waals surface area contributed by atoms with Crippen LogP contribution in [0, 0.1) is 17.8 Å². The number of Topliss-reactive ketones (excluding diaryl/α,β-unsaturated/α-hetero) is 3. The number of alkyl carbamates (subject to hydrolysis) is 1. The number of ether oxygens (including phenoxy) is 2. The van der Waals surface area contributed by atoms with Gasteiger partial charge in [0, 0.05) is 48.7 Å². The molecule has 0 saturated carbocycles. The third-order valence-electron chi connectivity index (χ3n) is 9.54. The van der Waals surface area contributed by atoms with Crippen molar-refractivity contribution < 1.29 is 43.0 Å². The Balaban J connectivity index is 2.35. The van der Waals surface area contributed by atoms with Crippen LogP contribution in [0.1, 0.15) is 131 Å². The molecule has 0 bridgehead atoms. The number of rotatable bonds is 24. The Kier molecular flexibility index (Phi) is 20.6. The maximum atomic E-state index is 14.1. The Morgan fingerprint density at radius 3 is 1.88 bits per heavy atom. The van der Waals surface area contributed by atoms with Crippen molar-refractivity contribution in [3.63, 3.8) is 0 Å². The van der Waals surface area contributed by atoms with Crippen molar-refractivity contribution in [1.29, 1.82) is 0 Å². The summed E-state index contributed by atoms with van der Waals surface area (Å²) >= 11 is 6.04. The van der Waals surface area contributed by atoms with E-state index in [2.05, 4.69) is 16.0 Å². The highest BCUT2D eigenvalue weighted by Gasteiger charge is 2.35. The van der Waals surface area contributed by atoms with Gasteiger partial charge >= 0.3 is 6.09 Å². The molecule has 3 N–H and O–H groups in total. The third kappa shape index (κ3) is 19.0. The van der Waals surface area contributed by atoms with Gasteiger partial charge < -0.3 is 30.2 Å².